The molecule has 16 rings (SSSR count). The van der Waals surface area contributed by atoms with Crippen molar-refractivity contribution in [1.29, 1.82) is 0 Å². The normalized spacial score (nSPS) is 45.9. The highest BCUT2D eigenvalue weighted by Gasteiger charge is 2.66. The number of carboxylic acids is 2. The van der Waals surface area contributed by atoms with Crippen LogP contribution in [0.2, 0.25) is 0 Å². The second-order valence-corrected chi connectivity index (χ2v) is 49.6. The van der Waals surface area contributed by atoms with Crippen molar-refractivity contribution in [3.8, 4) is 0 Å². The van der Waals surface area contributed by atoms with E-state index in [1.54, 1.807) is 20.8 Å². The van der Waals surface area contributed by atoms with Crippen LogP contribution in [0.15, 0.2) is 0 Å². The second-order valence-electron chi connectivity index (χ2n) is 49.6. The first-order valence-electron chi connectivity index (χ1n) is 51.8. The Morgan fingerprint density at radius 3 is 0.893 bits per heavy atom. The molecular formula is C108H178O14. The summed E-state index contributed by atoms with van der Waals surface area (Å²) in [6.07, 6.45) is 51.5. The van der Waals surface area contributed by atoms with E-state index in [0.29, 0.717) is 109 Å². The fourth-order valence-electron chi connectivity index (χ4n) is 36.5. The number of carbonyl (C=O) groups is 7. The van der Waals surface area contributed by atoms with E-state index < -0.39 is 17.5 Å². The molecule has 14 heteroatoms. The monoisotopic (exact) mass is 1700 g/mol. The lowest BCUT2D eigenvalue weighted by molar-refractivity contribution is -0.164. The molecule has 36 atom stereocenters. The number of aliphatic hydroxyl groups is 2. The molecule has 694 valence electrons. The van der Waals surface area contributed by atoms with Gasteiger partial charge in [-0.25, -0.2) is 0 Å². The van der Waals surface area contributed by atoms with Gasteiger partial charge in [-0.1, -0.05) is 83.1 Å². The highest BCUT2D eigenvalue weighted by atomic mass is 16.6. The molecular weight excluding hydrogens is 1520 g/mol. The van der Waals surface area contributed by atoms with Gasteiger partial charge in [-0.15, -0.1) is 0 Å². The van der Waals surface area contributed by atoms with Crippen LogP contribution < -0.4 is 0 Å². The first kappa shape index (κ1) is 96.2. The Kier molecular flexibility index (Phi) is 30.1. The van der Waals surface area contributed by atoms with Crippen molar-refractivity contribution in [3.05, 3.63) is 0 Å². The molecule has 0 aliphatic heterocycles. The van der Waals surface area contributed by atoms with Gasteiger partial charge in [0.15, 0.2) is 0 Å². The number of esters is 3. The predicted octanol–water partition coefficient (Wildman–Crippen LogP) is 25.3. The van der Waals surface area contributed by atoms with E-state index in [-0.39, 0.29) is 55.2 Å². The molecule has 122 heavy (non-hydrogen) atoms. The number of rotatable bonds is 21. The third-order valence-electron chi connectivity index (χ3n) is 42.7. The van der Waals surface area contributed by atoms with Gasteiger partial charge in [-0.2, -0.15) is 0 Å². The van der Waals surface area contributed by atoms with Crippen molar-refractivity contribution in [3.63, 3.8) is 0 Å². The third-order valence-corrected chi connectivity index (χ3v) is 42.7. The van der Waals surface area contributed by atoms with Crippen molar-refractivity contribution < 1.29 is 68.2 Å². The van der Waals surface area contributed by atoms with Gasteiger partial charge < -0.3 is 44.2 Å². The van der Waals surface area contributed by atoms with E-state index in [1.807, 2.05) is 20.8 Å². The fourth-order valence-corrected chi connectivity index (χ4v) is 36.5. The number of hydrogen-bond acceptors (Lipinski definition) is 12. The van der Waals surface area contributed by atoms with Crippen LogP contribution in [0.25, 0.3) is 0 Å². The van der Waals surface area contributed by atoms with E-state index in [1.165, 1.54) is 173 Å². The average molecular weight is 1700 g/mol. The molecule has 0 bridgehead atoms. The molecule has 0 aromatic carbocycles. The van der Waals surface area contributed by atoms with Crippen molar-refractivity contribution >= 4 is 41.4 Å². The minimum atomic E-state index is -0.952. The molecule has 0 saturated heterocycles. The van der Waals surface area contributed by atoms with Gasteiger partial charge in [-0.3, -0.25) is 24.0 Å². The van der Waals surface area contributed by atoms with Gasteiger partial charge in [0.05, 0.1) is 25.0 Å². The van der Waals surface area contributed by atoms with Crippen molar-refractivity contribution in [1.82, 2.24) is 0 Å². The highest BCUT2D eigenvalue weighted by molar-refractivity contribution is 5.77. The zero-order chi connectivity index (χ0) is 88.4. The summed E-state index contributed by atoms with van der Waals surface area (Å²) in [7, 11) is 0. The quantitative estimate of drug-likeness (QED) is 0.0619. The minimum absolute atomic E-state index is 0.0317. The van der Waals surface area contributed by atoms with Crippen LogP contribution in [0, 0.1) is 185 Å². The summed E-state index contributed by atoms with van der Waals surface area (Å²) >= 11 is 0. The van der Waals surface area contributed by atoms with Crippen LogP contribution in [0.1, 0.15) is 420 Å². The molecule has 14 nitrogen and oxygen atoms in total. The Morgan fingerprint density at radius 1 is 0.311 bits per heavy atom. The topological polar surface area (TPSA) is 228 Å². The molecule has 0 heterocycles. The van der Waals surface area contributed by atoms with E-state index >= 15 is 0 Å². The van der Waals surface area contributed by atoms with Crippen molar-refractivity contribution in [2.75, 3.05) is 0 Å². The molecule has 0 spiro atoms. The molecule has 16 aliphatic carbocycles. The Balaban J connectivity index is 0.000000142. The van der Waals surface area contributed by atoms with E-state index in [0.717, 1.165) is 197 Å². The number of hydrogen-bond donors (Lipinski definition) is 4. The standard InChI is InChI=1S/C32H52O6.C27H44O3.C25H42O2.C24H40O3/c1-20(7-13-29(36)38-30(2,3)4)24-10-11-25-23-9-8-21-19-22(37-28(35)14-12-27(33)34)15-17-31(21,5)26(23)16-18-32(24,25)6;1-17(6-7-18(2)28)23-10-11-24-22-9-8-20-16-21(30-19(3)29)12-14-26(20,4)25(22)13-15-27(23,24)5;1-16(5-6-17(2)26)21-9-10-22-20-8-7-18-15-19(27)11-13-24(18,3)23(20)12-14-25(21,22)4;1-15(4-9-22(26)27)19-7-8-20-18-6-5-16-14-17(25)10-12-23(16,2)21(18)11-13-24(19,20)3/h20-26H,7-19H2,1-6H3,(H,33,34);17,20-25H,6-16H2,1-5H3;16,18-23,27H,5-15H2,1-4H3;15-21,25H,4-14H2,1-3H3,(H,26,27)/t20-,21-,22-,23?,24?,25+,26?,31+,32-;17-,20-,21-,22?,23?,24+,25?,26+,27-;16-,18-,19-,20?,21?,22+,23?,24+,25-;15-,16-,17-,18?,19?,20+,21?,23+,24-/m1111/s1. The van der Waals surface area contributed by atoms with Crippen LogP contribution in [0.5, 0.6) is 0 Å². The predicted molar refractivity (Wildman–Crippen MR) is 484 cm³/mol. The SMILES string of the molecule is CC(=O)CC[C@@H](C)C1CC[C@H]2C3CC[C@@H]4C[C@H](O)CC[C@]4(C)C3CC[C@]12C.CC(=O)CC[C@@H](C)C1CC[C@H]2C3CC[C@@H]4C[C@H](OC(C)=O)CC[C@]4(C)C3CC[C@]12C.C[C@H](CCC(=O)O)C1CC[C@H]2C3CC[C@@H]4C[C@H](O)CC[C@]4(C)C3CC[C@]12C.C[C@H](CCC(=O)OC(C)(C)C)C1CC[C@H]2C3CC[C@@H]4C[C@H](OC(=O)CCC(=O)O)CC[C@]4(C)C3CC[C@]12C. The first-order valence-corrected chi connectivity index (χ1v) is 51.8. The lowest BCUT2D eigenvalue weighted by Crippen LogP contribution is -2.54. The number of ether oxygens (including phenoxy) is 3. The van der Waals surface area contributed by atoms with Crippen LogP contribution >= 0.6 is 0 Å². The maximum Gasteiger partial charge on any atom is 0.306 e. The molecule has 0 aromatic rings. The van der Waals surface area contributed by atoms with Crippen LogP contribution in [-0.2, 0) is 47.8 Å². The number of carboxylic acid groups (broad SMARTS) is 2. The second kappa shape index (κ2) is 38.2. The molecule has 0 amide bonds. The van der Waals surface area contributed by atoms with Crippen molar-refractivity contribution in [2.45, 2.75) is 450 Å². The van der Waals surface area contributed by atoms with Gasteiger partial charge in [0, 0.05) is 32.6 Å². The molecule has 16 aliphatic rings. The summed E-state index contributed by atoms with van der Waals surface area (Å²) < 4.78 is 16.9. The van der Waals surface area contributed by atoms with Gasteiger partial charge in [0.25, 0.3) is 0 Å². The number of fused-ring (bicyclic) bond motifs is 20. The van der Waals surface area contributed by atoms with Gasteiger partial charge in [0.1, 0.15) is 29.4 Å². The summed E-state index contributed by atoms with van der Waals surface area (Å²) in [4.78, 5) is 80.9. The number of Topliss-reactive ketones (excluding diaryl/α,β-unsaturated/α-hetero) is 2. The summed E-state index contributed by atoms with van der Waals surface area (Å²) in [5, 5.41) is 38.4. The minimum Gasteiger partial charge on any atom is -0.481 e. The Bertz CT molecular complexity index is 3520. The average Bonchev–Trinajstić information content (AvgIpc) is 1.40. The van der Waals surface area contributed by atoms with E-state index in [2.05, 4.69) is 83.1 Å². The lowest BCUT2D eigenvalue weighted by atomic mass is 9.44. The molecule has 16 saturated carbocycles. The van der Waals surface area contributed by atoms with E-state index in [4.69, 9.17) is 24.4 Å². The number of aliphatic hydroxyl groups excluding tert-OH is 2. The summed E-state index contributed by atoms with van der Waals surface area (Å²) in [5.41, 5.74) is 3.07. The first-order chi connectivity index (χ1) is 57.4. The zero-order valence-electron chi connectivity index (χ0n) is 80.6. The molecule has 16 fully saturated rings. The third kappa shape index (κ3) is 19.5. The molecule has 12 unspecified atom stereocenters. The van der Waals surface area contributed by atoms with Gasteiger partial charge in [0.2, 0.25) is 0 Å². The largest absolute Gasteiger partial charge is 0.481 e. The Hall–Kier alpha value is -3.39. The summed E-state index contributed by atoms with van der Waals surface area (Å²) in [6, 6.07) is 0. The molecule has 4 N–H and O–H groups in total. The zero-order valence-corrected chi connectivity index (χ0v) is 80.6. The Morgan fingerprint density at radius 2 is 0.590 bits per heavy atom. The number of aliphatic carboxylic acids is 2. The highest BCUT2D eigenvalue weighted by Crippen LogP contribution is 2.74. The maximum atomic E-state index is 12.4. The van der Waals surface area contributed by atoms with Crippen molar-refractivity contribution in [2.24, 2.45) is 185 Å². The van der Waals surface area contributed by atoms with Gasteiger partial charge in [-0.05, 0) is 477 Å². The van der Waals surface area contributed by atoms with Crippen LogP contribution in [0.3, 0.4) is 0 Å². The summed E-state index contributed by atoms with van der Waals surface area (Å²) in [5.74, 6) is 17.1. The van der Waals surface area contributed by atoms with E-state index in [9.17, 15) is 43.8 Å². The number of ketones is 2. The Labute approximate surface area is 740 Å². The molecule has 0 aromatic heterocycles. The van der Waals surface area contributed by atoms with Crippen LogP contribution in [-0.4, -0.2) is 91.9 Å². The lowest BCUT2D eigenvalue weighted by Gasteiger charge is -2.61. The van der Waals surface area contributed by atoms with Gasteiger partial charge >= 0.3 is 29.8 Å². The smallest absolute Gasteiger partial charge is 0.306 e. The number of carbonyl (C=O) groups excluding carboxylic acids is 5. The molecule has 0 radical (unpaired) electrons. The summed E-state index contributed by atoms with van der Waals surface area (Å²) in [6.45, 7) is 41.0. The van der Waals surface area contributed by atoms with Crippen LogP contribution in [0.4, 0.5) is 0 Å². The maximum absolute atomic E-state index is 12.4. The fraction of sp³-hybridized carbons (Fsp3) is 0.935.